The van der Waals surface area contributed by atoms with Gasteiger partial charge >= 0.3 is 6.18 Å². The topological polar surface area (TPSA) is 51.8 Å². The van der Waals surface area contributed by atoms with Crippen molar-refractivity contribution in [3.8, 4) is 11.3 Å². The Hall–Kier alpha value is -2.11. The smallest absolute Gasteiger partial charge is 0.368 e. The van der Waals surface area contributed by atoms with Gasteiger partial charge in [0.25, 0.3) is 0 Å². The summed E-state index contributed by atoms with van der Waals surface area (Å²) >= 11 is 0. The lowest BCUT2D eigenvalue weighted by atomic mass is 10.0. The van der Waals surface area contributed by atoms with Crippen molar-refractivity contribution in [3.63, 3.8) is 0 Å². The van der Waals surface area contributed by atoms with Crippen LogP contribution < -0.4 is 5.73 Å². The molecular formula is C13H12F3N3. The van der Waals surface area contributed by atoms with E-state index in [0.29, 0.717) is 5.56 Å². The zero-order valence-corrected chi connectivity index (χ0v) is 10.4. The molecule has 0 saturated carbocycles. The Morgan fingerprint density at radius 1 is 1.05 bits per heavy atom. The first-order valence-electron chi connectivity index (χ1n) is 5.57. The number of halogens is 3. The SMILES string of the molecule is Cc1ccc(C)c(-c2cc(C(F)(F)F)nc(N)n2)c1. The maximum atomic E-state index is 12.7. The lowest BCUT2D eigenvalue weighted by Crippen LogP contribution is -2.11. The van der Waals surface area contributed by atoms with E-state index >= 15 is 0 Å². The van der Waals surface area contributed by atoms with Gasteiger partial charge in [-0.1, -0.05) is 17.7 Å². The number of anilines is 1. The molecule has 0 atom stereocenters. The fourth-order valence-electron chi connectivity index (χ4n) is 1.76. The van der Waals surface area contributed by atoms with Crippen LogP contribution in [0.2, 0.25) is 0 Å². The second-order valence-corrected chi connectivity index (χ2v) is 4.31. The highest BCUT2D eigenvalue weighted by atomic mass is 19.4. The predicted octanol–water partition coefficient (Wildman–Crippen LogP) is 3.36. The van der Waals surface area contributed by atoms with Crippen molar-refractivity contribution in [2.45, 2.75) is 20.0 Å². The van der Waals surface area contributed by atoms with Gasteiger partial charge in [0, 0.05) is 5.56 Å². The third-order valence-electron chi connectivity index (χ3n) is 2.70. The summed E-state index contributed by atoms with van der Waals surface area (Å²) in [5.41, 5.74) is 6.90. The van der Waals surface area contributed by atoms with Crippen molar-refractivity contribution in [1.82, 2.24) is 9.97 Å². The van der Waals surface area contributed by atoms with Gasteiger partial charge in [0.15, 0.2) is 5.69 Å². The van der Waals surface area contributed by atoms with Gasteiger partial charge in [-0.05, 0) is 31.5 Å². The predicted molar refractivity (Wildman–Crippen MR) is 66.4 cm³/mol. The molecule has 0 aliphatic heterocycles. The van der Waals surface area contributed by atoms with E-state index in [-0.39, 0.29) is 11.6 Å². The number of nitrogens with zero attached hydrogens (tertiary/aromatic N) is 2. The van der Waals surface area contributed by atoms with Crippen LogP contribution in [-0.2, 0) is 6.18 Å². The molecule has 0 fully saturated rings. The Balaban J connectivity index is 2.63. The fourth-order valence-corrected chi connectivity index (χ4v) is 1.76. The summed E-state index contributed by atoms with van der Waals surface area (Å²) in [7, 11) is 0. The molecular weight excluding hydrogens is 255 g/mol. The summed E-state index contributed by atoms with van der Waals surface area (Å²) in [5, 5.41) is 0. The molecule has 6 heteroatoms. The summed E-state index contributed by atoms with van der Waals surface area (Å²) in [6.45, 7) is 3.67. The van der Waals surface area contributed by atoms with Gasteiger partial charge in [0.05, 0.1) is 5.69 Å². The average Bonchev–Trinajstić information content (AvgIpc) is 2.30. The molecule has 0 unspecified atom stereocenters. The zero-order valence-electron chi connectivity index (χ0n) is 10.4. The standard InChI is InChI=1S/C13H12F3N3/c1-7-3-4-8(2)9(5-7)10-6-11(13(14,15)16)19-12(17)18-10/h3-6H,1-2H3,(H2,17,18,19). The van der Waals surface area contributed by atoms with E-state index in [4.69, 9.17) is 5.73 Å². The minimum Gasteiger partial charge on any atom is -0.368 e. The van der Waals surface area contributed by atoms with Crippen LogP contribution in [0.3, 0.4) is 0 Å². The van der Waals surface area contributed by atoms with Crippen molar-refractivity contribution in [2.75, 3.05) is 5.73 Å². The van der Waals surface area contributed by atoms with E-state index in [1.807, 2.05) is 19.1 Å². The number of aryl methyl sites for hydroxylation is 2. The number of benzene rings is 1. The van der Waals surface area contributed by atoms with Gasteiger partial charge in [0.2, 0.25) is 5.95 Å². The number of aromatic nitrogens is 2. The van der Waals surface area contributed by atoms with E-state index in [2.05, 4.69) is 9.97 Å². The minimum atomic E-state index is -4.54. The Labute approximate surface area is 108 Å². The molecule has 1 aromatic carbocycles. The first kappa shape index (κ1) is 13.3. The summed E-state index contributed by atoms with van der Waals surface area (Å²) in [4.78, 5) is 7.11. The van der Waals surface area contributed by atoms with Crippen molar-refractivity contribution in [1.29, 1.82) is 0 Å². The van der Waals surface area contributed by atoms with Crippen LogP contribution in [0.1, 0.15) is 16.8 Å². The summed E-state index contributed by atoms with van der Waals surface area (Å²) < 4.78 is 38.1. The molecule has 2 N–H and O–H groups in total. The van der Waals surface area contributed by atoms with Gasteiger partial charge in [-0.15, -0.1) is 0 Å². The third-order valence-corrected chi connectivity index (χ3v) is 2.70. The summed E-state index contributed by atoms with van der Waals surface area (Å²) in [6, 6.07) is 6.40. The number of nitrogens with two attached hydrogens (primary N) is 1. The van der Waals surface area contributed by atoms with Crippen LogP contribution >= 0.6 is 0 Å². The van der Waals surface area contributed by atoms with Gasteiger partial charge in [-0.25, -0.2) is 9.97 Å². The second-order valence-electron chi connectivity index (χ2n) is 4.31. The lowest BCUT2D eigenvalue weighted by Gasteiger charge is -2.11. The zero-order chi connectivity index (χ0) is 14.2. The maximum absolute atomic E-state index is 12.7. The van der Waals surface area contributed by atoms with Crippen molar-refractivity contribution < 1.29 is 13.2 Å². The average molecular weight is 267 g/mol. The van der Waals surface area contributed by atoms with Crippen LogP contribution in [0, 0.1) is 13.8 Å². The molecule has 19 heavy (non-hydrogen) atoms. The van der Waals surface area contributed by atoms with Gasteiger partial charge in [0.1, 0.15) is 0 Å². The Bertz CT molecular complexity index is 621. The van der Waals surface area contributed by atoms with Gasteiger partial charge in [-0.2, -0.15) is 13.2 Å². The highest BCUT2D eigenvalue weighted by Crippen LogP contribution is 2.31. The van der Waals surface area contributed by atoms with Crippen molar-refractivity contribution in [2.24, 2.45) is 0 Å². The van der Waals surface area contributed by atoms with Gasteiger partial charge < -0.3 is 5.73 Å². The second kappa shape index (κ2) is 4.53. The van der Waals surface area contributed by atoms with Crippen LogP contribution in [0.15, 0.2) is 24.3 Å². The van der Waals surface area contributed by atoms with Crippen LogP contribution in [0.25, 0.3) is 11.3 Å². The quantitative estimate of drug-likeness (QED) is 0.861. The van der Waals surface area contributed by atoms with E-state index in [0.717, 1.165) is 17.2 Å². The first-order chi connectivity index (χ1) is 8.77. The summed E-state index contributed by atoms with van der Waals surface area (Å²) in [6.07, 6.45) is -4.54. The minimum absolute atomic E-state index is 0.182. The van der Waals surface area contributed by atoms with E-state index in [1.165, 1.54) is 0 Å². The monoisotopic (exact) mass is 267 g/mol. The van der Waals surface area contributed by atoms with Crippen LogP contribution in [-0.4, -0.2) is 9.97 Å². The normalized spacial score (nSPS) is 11.6. The molecule has 2 rings (SSSR count). The Morgan fingerprint density at radius 3 is 2.37 bits per heavy atom. The molecule has 0 aliphatic carbocycles. The molecule has 0 amide bonds. The largest absolute Gasteiger partial charge is 0.433 e. The number of nitrogen functional groups attached to an aromatic ring is 1. The summed E-state index contributed by atoms with van der Waals surface area (Å²) in [5.74, 6) is -0.384. The molecule has 0 spiro atoms. The number of hydrogen-bond donors (Lipinski definition) is 1. The van der Waals surface area contributed by atoms with E-state index in [1.54, 1.807) is 13.0 Å². The van der Waals surface area contributed by atoms with Gasteiger partial charge in [-0.3, -0.25) is 0 Å². The first-order valence-corrected chi connectivity index (χ1v) is 5.57. The highest BCUT2D eigenvalue weighted by molar-refractivity contribution is 5.65. The molecule has 1 heterocycles. The van der Waals surface area contributed by atoms with Crippen molar-refractivity contribution >= 4 is 5.95 Å². The number of alkyl halides is 3. The maximum Gasteiger partial charge on any atom is 0.433 e. The molecule has 1 aromatic heterocycles. The van der Waals surface area contributed by atoms with E-state index < -0.39 is 11.9 Å². The lowest BCUT2D eigenvalue weighted by molar-refractivity contribution is -0.141. The number of hydrogen-bond acceptors (Lipinski definition) is 3. The van der Waals surface area contributed by atoms with E-state index in [9.17, 15) is 13.2 Å². The highest BCUT2D eigenvalue weighted by Gasteiger charge is 2.33. The van der Waals surface area contributed by atoms with Crippen LogP contribution in [0.4, 0.5) is 19.1 Å². The molecule has 0 radical (unpaired) electrons. The Morgan fingerprint density at radius 2 is 1.74 bits per heavy atom. The number of rotatable bonds is 1. The van der Waals surface area contributed by atoms with Crippen molar-refractivity contribution in [3.05, 3.63) is 41.1 Å². The third kappa shape index (κ3) is 2.83. The molecule has 0 aliphatic rings. The molecule has 2 aromatic rings. The fraction of sp³-hybridized carbons (Fsp3) is 0.231. The molecule has 100 valence electrons. The van der Waals surface area contributed by atoms with Crippen LogP contribution in [0.5, 0.6) is 0 Å². The molecule has 0 bridgehead atoms. The molecule has 0 saturated heterocycles. The molecule has 3 nitrogen and oxygen atoms in total. The Kier molecular flexibility index (Phi) is 3.18.